The first-order valence-electron chi connectivity index (χ1n) is 6.85. The third kappa shape index (κ3) is 3.97. The fourth-order valence-electron chi connectivity index (χ4n) is 2.46. The van der Waals surface area contributed by atoms with E-state index in [1.54, 1.807) is 0 Å². The Labute approximate surface area is 109 Å². The molecule has 1 nitrogen and oxygen atoms in total. The molecule has 0 saturated carbocycles. The molecule has 0 aliphatic heterocycles. The largest absolute Gasteiger partial charge is 0.425 e. The lowest BCUT2D eigenvalue weighted by atomic mass is 9.87. The molecule has 0 heterocycles. The van der Waals surface area contributed by atoms with Gasteiger partial charge in [0.2, 0.25) is 0 Å². The molecule has 0 saturated heterocycles. The van der Waals surface area contributed by atoms with Crippen LogP contribution in [0.1, 0.15) is 57.1 Å². The van der Waals surface area contributed by atoms with E-state index in [0.29, 0.717) is 12.0 Å². The van der Waals surface area contributed by atoms with Gasteiger partial charge in [-0.1, -0.05) is 44.5 Å². The molecule has 0 radical (unpaired) electrons. The molecule has 0 aliphatic carbocycles. The van der Waals surface area contributed by atoms with Gasteiger partial charge in [-0.05, 0) is 37.3 Å². The monoisotopic (exact) mass is 250 g/mol. The van der Waals surface area contributed by atoms with Crippen LogP contribution in [0.25, 0.3) is 0 Å². The van der Waals surface area contributed by atoms with Crippen molar-refractivity contribution < 1.29 is 4.43 Å². The maximum Gasteiger partial charge on any atom is 0.146 e. The van der Waals surface area contributed by atoms with Crippen LogP contribution in [0.5, 0.6) is 0 Å². The Kier molecular flexibility index (Phi) is 6.52. The highest BCUT2D eigenvalue weighted by Gasteiger charge is 2.18. The van der Waals surface area contributed by atoms with E-state index >= 15 is 0 Å². The first kappa shape index (κ1) is 14.5. The van der Waals surface area contributed by atoms with Crippen LogP contribution >= 0.6 is 0 Å². The highest BCUT2D eigenvalue weighted by atomic mass is 28.2. The fraction of sp³-hybridized carbons (Fsp3) is 0.600. The molecule has 2 atom stereocenters. The van der Waals surface area contributed by atoms with Gasteiger partial charge in [0.05, 0.1) is 0 Å². The summed E-state index contributed by atoms with van der Waals surface area (Å²) in [4.78, 5) is 0. The quantitative estimate of drug-likeness (QED) is 0.675. The molecule has 2 heteroatoms. The number of hydrogen-bond acceptors (Lipinski definition) is 1. The van der Waals surface area contributed by atoms with E-state index in [-0.39, 0.29) is 0 Å². The molecule has 0 N–H and O–H groups in total. The minimum atomic E-state index is 0.356. The molecule has 2 unspecified atom stereocenters. The van der Waals surface area contributed by atoms with Gasteiger partial charge in [-0.3, -0.25) is 0 Å². The van der Waals surface area contributed by atoms with Crippen molar-refractivity contribution in [1.82, 2.24) is 0 Å². The average Bonchev–Trinajstić information content (AvgIpc) is 2.38. The van der Waals surface area contributed by atoms with Gasteiger partial charge in [-0.2, -0.15) is 0 Å². The van der Waals surface area contributed by atoms with Crippen LogP contribution < -0.4 is 0 Å². The summed E-state index contributed by atoms with van der Waals surface area (Å²) in [7, 11) is 0.827. The number of aryl methyl sites for hydroxylation is 1. The van der Waals surface area contributed by atoms with Crippen molar-refractivity contribution in [2.75, 3.05) is 0 Å². The summed E-state index contributed by atoms with van der Waals surface area (Å²) in [5.41, 5.74) is 3.03. The lowest BCUT2D eigenvalue weighted by Gasteiger charge is -2.25. The highest BCUT2D eigenvalue weighted by Crippen LogP contribution is 2.28. The zero-order valence-electron chi connectivity index (χ0n) is 11.7. The number of rotatable bonds is 7. The molecular formula is C15H26OSi. The van der Waals surface area contributed by atoms with E-state index < -0.39 is 0 Å². The van der Waals surface area contributed by atoms with Crippen LogP contribution in [0.15, 0.2) is 24.3 Å². The van der Waals surface area contributed by atoms with Gasteiger partial charge >= 0.3 is 0 Å². The van der Waals surface area contributed by atoms with Crippen LogP contribution in [-0.2, 0) is 10.8 Å². The molecule has 0 fully saturated rings. The van der Waals surface area contributed by atoms with Crippen molar-refractivity contribution in [2.24, 2.45) is 0 Å². The van der Waals surface area contributed by atoms with Gasteiger partial charge in [0.15, 0.2) is 0 Å². The molecule has 0 aromatic heterocycles. The predicted octanol–water partition coefficient (Wildman–Crippen LogP) is 3.21. The molecule has 1 aromatic carbocycles. The maximum atomic E-state index is 5.66. The predicted molar refractivity (Wildman–Crippen MR) is 78.6 cm³/mol. The van der Waals surface area contributed by atoms with Gasteiger partial charge in [0.1, 0.15) is 10.5 Å². The summed E-state index contributed by atoms with van der Waals surface area (Å²) < 4.78 is 5.66. The van der Waals surface area contributed by atoms with Crippen molar-refractivity contribution in [3.8, 4) is 0 Å². The Morgan fingerprint density at radius 3 is 2.53 bits per heavy atom. The average molecular weight is 250 g/mol. The Balaban J connectivity index is 2.93. The SMILES string of the molecule is CCCCc1ccccc1C(CC)C(C)O[SiH3]. The summed E-state index contributed by atoms with van der Waals surface area (Å²) >= 11 is 0. The van der Waals surface area contributed by atoms with Crippen molar-refractivity contribution in [3.05, 3.63) is 35.4 Å². The summed E-state index contributed by atoms with van der Waals surface area (Å²) in [5, 5.41) is 0. The van der Waals surface area contributed by atoms with Crippen molar-refractivity contribution in [1.29, 1.82) is 0 Å². The third-order valence-electron chi connectivity index (χ3n) is 3.63. The van der Waals surface area contributed by atoms with Gasteiger partial charge in [-0.25, -0.2) is 0 Å². The Hall–Kier alpha value is -0.603. The minimum absolute atomic E-state index is 0.356. The highest BCUT2D eigenvalue weighted by molar-refractivity contribution is 5.98. The van der Waals surface area contributed by atoms with E-state index in [1.807, 2.05) is 0 Å². The van der Waals surface area contributed by atoms with E-state index in [9.17, 15) is 0 Å². The number of unbranched alkanes of at least 4 members (excludes halogenated alkanes) is 1. The molecule has 1 aromatic rings. The van der Waals surface area contributed by atoms with E-state index in [1.165, 1.54) is 30.4 Å². The zero-order chi connectivity index (χ0) is 12.7. The summed E-state index contributed by atoms with van der Waals surface area (Å²) in [6.07, 6.45) is 5.26. The Bertz CT molecular complexity index is 324. The lowest BCUT2D eigenvalue weighted by molar-refractivity contribution is 0.203. The molecule has 0 bridgehead atoms. The molecule has 0 spiro atoms. The van der Waals surface area contributed by atoms with Crippen LogP contribution in [0.4, 0.5) is 0 Å². The van der Waals surface area contributed by atoms with Gasteiger partial charge in [0, 0.05) is 12.0 Å². The van der Waals surface area contributed by atoms with Gasteiger partial charge in [0.25, 0.3) is 0 Å². The van der Waals surface area contributed by atoms with Crippen molar-refractivity contribution in [2.45, 2.75) is 58.5 Å². The van der Waals surface area contributed by atoms with Crippen molar-refractivity contribution >= 4 is 10.5 Å². The molecule has 1 rings (SSSR count). The fourth-order valence-corrected chi connectivity index (χ4v) is 2.79. The maximum absolute atomic E-state index is 5.66. The molecule has 0 aliphatic rings. The number of hydrogen-bond donors (Lipinski definition) is 0. The standard InChI is InChI=1S/C15H26OSi/c1-4-6-9-13-10-7-8-11-15(13)14(5-2)12(3)16-17/h7-8,10-12,14H,4-6,9H2,1-3,17H3. The second-order valence-corrected chi connectivity index (χ2v) is 5.23. The summed E-state index contributed by atoms with van der Waals surface area (Å²) in [5.74, 6) is 0.556. The van der Waals surface area contributed by atoms with Crippen LogP contribution in [0, 0.1) is 0 Å². The van der Waals surface area contributed by atoms with Crippen molar-refractivity contribution in [3.63, 3.8) is 0 Å². The first-order chi connectivity index (χ1) is 8.24. The van der Waals surface area contributed by atoms with E-state index in [0.717, 1.165) is 16.9 Å². The topological polar surface area (TPSA) is 9.23 Å². The molecule has 17 heavy (non-hydrogen) atoms. The van der Waals surface area contributed by atoms with E-state index in [4.69, 9.17) is 4.43 Å². The molecule has 0 amide bonds. The lowest BCUT2D eigenvalue weighted by Crippen LogP contribution is -2.18. The Morgan fingerprint density at radius 1 is 1.24 bits per heavy atom. The van der Waals surface area contributed by atoms with Gasteiger partial charge in [-0.15, -0.1) is 0 Å². The third-order valence-corrected chi connectivity index (χ3v) is 4.38. The normalized spacial score (nSPS) is 14.8. The second-order valence-electron chi connectivity index (χ2n) is 4.76. The minimum Gasteiger partial charge on any atom is -0.425 e. The van der Waals surface area contributed by atoms with Crippen LogP contribution in [0.2, 0.25) is 0 Å². The zero-order valence-corrected chi connectivity index (χ0v) is 13.7. The summed E-state index contributed by atoms with van der Waals surface area (Å²) in [6.45, 7) is 6.72. The first-order valence-corrected chi connectivity index (χ1v) is 7.66. The van der Waals surface area contributed by atoms with Gasteiger partial charge < -0.3 is 4.43 Å². The second kappa shape index (κ2) is 7.67. The number of benzene rings is 1. The molecular weight excluding hydrogens is 224 g/mol. The molecule has 96 valence electrons. The Morgan fingerprint density at radius 2 is 1.94 bits per heavy atom. The van der Waals surface area contributed by atoms with Crippen LogP contribution in [-0.4, -0.2) is 16.6 Å². The van der Waals surface area contributed by atoms with Crippen LogP contribution in [0.3, 0.4) is 0 Å². The van der Waals surface area contributed by atoms with E-state index in [2.05, 4.69) is 45.0 Å². The summed E-state index contributed by atoms with van der Waals surface area (Å²) in [6, 6.07) is 8.89. The smallest absolute Gasteiger partial charge is 0.146 e.